The van der Waals surface area contributed by atoms with Crippen LogP contribution in [0.5, 0.6) is 0 Å². The van der Waals surface area contributed by atoms with Crippen molar-refractivity contribution in [2.45, 2.75) is 26.9 Å². The van der Waals surface area contributed by atoms with E-state index in [1.165, 1.54) is 0 Å². The zero-order valence-electron chi connectivity index (χ0n) is 11.9. The topological polar surface area (TPSA) is 96.5 Å². The van der Waals surface area contributed by atoms with E-state index in [4.69, 9.17) is 4.74 Å². The quantitative estimate of drug-likeness (QED) is 0.427. The smallest absolute Gasteiger partial charge is 0.235 e. The number of carbonyl (C=O) groups excluding carboxylic acids is 1. The highest BCUT2D eigenvalue weighted by Crippen LogP contribution is 1.90. The van der Waals surface area contributed by atoms with E-state index in [9.17, 15) is 13.2 Å². The molecule has 0 saturated carbocycles. The highest BCUT2D eigenvalue weighted by Gasteiger charge is 2.12. The number of hydrogen-bond donors (Lipinski definition) is 3. The first-order chi connectivity index (χ1) is 8.87. The number of sulfonamides is 1. The van der Waals surface area contributed by atoms with Crippen molar-refractivity contribution in [1.82, 2.24) is 15.4 Å². The minimum absolute atomic E-state index is 0.00966. The first kappa shape index (κ1) is 18.3. The van der Waals surface area contributed by atoms with Gasteiger partial charge in [0.2, 0.25) is 15.9 Å². The fraction of sp³-hybridized carbons (Fsp3) is 0.909. The van der Waals surface area contributed by atoms with Crippen LogP contribution in [0.4, 0.5) is 0 Å². The molecule has 0 aliphatic rings. The average molecular weight is 295 g/mol. The van der Waals surface area contributed by atoms with Gasteiger partial charge in [-0.2, -0.15) is 0 Å². The molecule has 114 valence electrons. The molecule has 0 rings (SSSR count). The zero-order chi connectivity index (χ0) is 14.7. The Kier molecular flexibility index (Phi) is 9.76. The van der Waals surface area contributed by atoms with Crippen molar-refractivity contribution in [2.75, 3.05) is 38.5 Å². The molecule has 8 heteroatoms. The number of likely N-dealkylation sites (N-methyl/N-ethyl adjacent to an activating group) is 1. The predicted octanol–water partition coefficient (Wildman–Crippen LogP) is -0.943. The first-order valence-corrected chi connectivity index (χ1v) is 8.09. The van der Waals surface area contributed by atoms with Gasteiger partial charge in [0.05, 0.1) is 25.0 Å². The summed E-state index contributed by atoms with van der Waals surface area (Å²) in [6.07, 6.45) is -0.00966. The fourth-order valence-corrected chi connectivity index (χ4v) is 1.98. The molecule has 0 aromatic carbocycles. The lowest BCUT2D eigenvalue weighted by Gasteiger charge is -2.09. The van der Waals surface area contributed by atoms with E-state index in [-0.39, 0.29) is 30.9 Å². The lowest BCUT2D eigenvalue weighted by Crippen LogP contribution is -2.40. The summed E-state index contributed by atoms with van der Waals surface area (Å²) in [6.45, 7) is 7.48. The van der Waals surface area contributed by atoms with Crippen LogP contribution < -0.4 is 15.4 Å². The fourth-order valence-electron chi connectivity index (χ4n) is 1.17. The van der Waals surface area contributed by atoms with E-state index in [1.54, 1.807) is 0 Å². The van der Waals surface area contributed by atoms with Crippen LogP contribution in [0, 0.1) is 0 Å². The maximum absolute atomic E-state index is 11.5. The molecule has 0 aromatic rings. The van der Waals surface area contributed by atoms with Crippen LogP contribution >= 0.6 is 0 Å². The van der Waals surface area contributed by atoms with Crippen LogP contribution in [0.2, 0.25) is 0 Å². The largest absolute Gasteiger partial charge is 0.378 e. The highest BCUT2D eigenvalue weighted by atomic mass is 32.2. The van der Waals surface area contributed by atoms with Crippen molar-refractivity contribution in [3.63, 3.8) is 0 Å². The molecule has 0 fully saturated rings. The van der Waals surface area contributed by atoms with Crippen LogP contribution in [-0.4, -0.2) is 59.0 Å². The Labute approximate surface area is 115 Å². The average Bonchev–Trinajstić information content (AvgIpc) is 2.31. The third kappa shape index (κ3) is 12.1. The van der Waals surface area contributed by atoms with Crippen LogP contribution in [0.3, 0.4) is 0 Å². The van der Waals surface area contributed by atoms with Crippen molar-refractivity contribution in [3.8, 4) is 0 Å². The number of carbonyl (C=O) groups is 1. The summed E-state index contributed by atoms with van der Waals surface area (Å²) >= 11 is 0. The Bertz CT molecular complexity index is 344. The molecular weight excluding hydrogens is 270 g/mol. The second-order valence-corrected chi connectivity index (χ2v) is 6.19. The summed E-state index contributed by atoms with van der Waals surface area (Å²) < 4.78 is 30.4. The van der Waals surface area contributed by atoms with E-state index in [1.807, 2.05) is 20.8 Å². The van der Waals surface area contributed by atoms with Gasteiger partial charge in [-0.05, 0) is 20.4 Å². The van der Waals surface area contributed by atoms with E-state index < -0.39 is 10.0 Å². The summed E-state index contributed by atoms with van der Waals surface area (Å²) in [4.78, 5) is 11.3. The molecule has 0 unspecified atom stereocenters. The van der Waals surface area contributed by atoms with Gasteiger partial charge < -0.3 is 15.4 Å². The molecule has 0 radical (unpaired) electrons. The first-order valence-electron chi connectivity index (χ1n) is 6.43. The van der Waals surface area contributed by atoms with Crippen molar-refractivity contribution < 1.29 is 17.9 Å². The Morgan fingerprint density at radius 1 is 1.26 bits per heavy atom. The molecule has 0 aliphatic carbocycles. The van der Waals surface area contributed by atoms with Gasteiger partial charge >= 0.3 is 0 Å². The molecule has 0 aliphatic heterocycles. The Morgan fingerprint density at radius 2 is 1.95 bits per heavy atom. The molecule has 3 N–H and O–H groups in total. The van der Waals surface area contributed by atoms with E-state index in [2.05, 4.69) is 15.4 Å². The van der Waals surface area contributed by atoms with Crippen molar-refractivity contribution in [3.05, 3.63) is 0 Å². The van der Waals surface area contributed by atoms with Crippen LogP contribution in [0.1, 0.15) is 20.8 Å². The van der Waals surface area contributed by atoms with Gasteiger partial charge in [0.25, 0.3) is 0 Å². The van der Waals surface area contributed by atoms with Gasteiger partial charge in [-0.15, -0.1) is 0 Å². The number of hydrogen-bond acceptors (Lipinski definition) is 5. The van der Waals surface area contributed by atoms with Gasteiger partial charge in [0, 0.05) is 13.1 Å². The number of rotatable bonds is 11. The summed E-state index contributed by atoms with van der Waals surface area (Å²) in [5.74, 6) is -0.484. The third-order valence-electron chi connectivity index (χ3n) is 2.13. The van der Waals surface area contributed by atoms with Crippen molar-refractivity contribution in [1.29, 1.82) is 0 Å². The Balaban J connectivity index is 3.74. The minimum atomic E-state index is -3.46. The van der Waals surface area contributed by atoms with Gasteiger partial charge in [-0.3, -0.25) is 4.79 Å². The summed E-state index contributed by atoms with van der Waals surface area (Å²) in [7, 11) is -3.46. The van der Waals surface area contributed by atoms with Gasteiger partial charge in [0.1, 0.15) is 0 Å². The van der Waals surface area contributed by atoms with Crippen molar-refractivity contribution in [2.24, 2.45) is 0 Å². The molecule has 0 aromatic heterocycles. The number of amides is 1. The Morgan fingerprint density at radius 3 is 2.53 bits per heavy atom. The molecule has 0 saturated heterocycles. The molecule has 0 bridgehead atoms. The van der Waals surface area contributed by atoms with E-state index >= 15 is 0 Å². The summed E-state index contributed by atoms with van der Waals surface area (Å²) in [5.41, 5.74) is 0. The van der Waals surface area contributed by atoms with Crippen LogP contribution in [0.25, 0.3) is 0 Å². The van der Waals surface area contributed by atoms with Gasteiger partial charge in [0.15, 0.2) is 0 Å². The monoisotopic (exact) mass is 295 g/mol. The van der Waals surface area contributed by atoms with Gasteiger partial charge in [-0.25, -0.2) is 13.1 Å². The molecule has 19 heavy (non-hydrogen) atoms. The molecule has 1 amide bonds. The number of nitrogens with one attached hydrogen (secondary N) is 3. The number of ether oxygens (including phenoxy) is 1. The molecule has 0 heterocycles. The zero-order valence-corrected chi connectivity index (χ0v) is 12.7. The molecule has 0 spiro atoms. The van der Waals surface area contributed by atoms with Gasteiger partial charge in [-0.1, -0.05) is 6.92 Å². The van der Waals surface area contributed by atoms with E-state index in [0.717, 1.165) is 6.54 Å². The normalized spacial score (nSPS) is 11.8. The summed E-state index contributed by atoms with van der Waals surface area (Å²) in [6, 6.07) is 0. The minimum Gasteiger partial charge on any atom is -0.378 e. The maximum Gasteiger partial charge on any atom is 0.235 e. The summed E-state index contributed by atoms with van der Waals surface area (Å²) in [5, 5.41) is 5.65. The van der Waals surface area contributed by atoms with Crippen LogP contribution in [0.15, 0.2) is 0 Å². The van der Waals surface area contributed by atoms with E-state index in [0.29, 0.717) is 13.1 Å². The maximum atomic E-state index is 11.5. The lowest BCUT2D eigenvalue weighted by molar-refractivity contribution is -0.119. The predicted molar refractivity (Wildman–Crippen MR) is 74.4 cm³/mol. The second kappa shape index (κ2) is 10.1. The highest BCUT2D eigenvalue weighted by molar-refractivity contribution is 7.89. The molecule has 0 atom stereocenters. The lowest BCUT2D eigenvalue weighted by atomic mass is 10.5. The standard InChI is InChI=1S/C11H25N3O4S/c1-4-12-5-6-13-11(15)9-14-19(16,17)8-7-18-10(2)3/h10,12,14H,4-9H2,1-3H3,(H,13,15). The Hall–Kier alpha value is -0.700. The van der Waals surface area contributed by atoms with Crippen LogP contribution in [-0.2, 0) is 19.6 Å². The van der Waals surface area contributed by atoms with Crippen molar-refractivity contribution >= 4 is 15.9 Å². The molecular formula is C11H25N3O4S. The molecule has 7 nitrogen and oxygen atoms in total. The third-order valence-corrected chi connectivity index (χ3v) is 3.42. The second-order valence-electron chi connectivity index (χ2n) is 4.26. The SMILES string of the molecule is CCNCCNC(=O)CNS(=O)(=O)CCOC(C)C.